The molecule has 2 aromatic rings. The maximum absolute atomic E-state index is 12.2. The van der Waals surface area contributed by atoms with Gasteiger partial charge in [-0.3, -0.25) is 4.79 Å². The Morgan fingerprint density at radius 1 is 1.15 bits per heavy atom. The topological polar surface area (TPSA) is 60.9 Å². The Labute approximate surface area is 153 Å². The third kappa shape index (κ3) is 4.14. The monoisotopic (exact) mass is 354 g/mol. The molecule has 0 bridgehead atoms. The first-order valence-corrected chi connectivity index (χ1v) is 8.38. The van der Waals surface area contributed by atoms with Gasteiger partial charge in [0.15, 0.2) is 11.5 Å². The largest absolute Gasteiger partial charge is 0.493 e. The SMILES string of the molecule is COc1ccc(/C=C/C(=O)N2CC(Oc3cccc(C)n3)C2)cc1OC. The van der Waals surface area contributed by atoms with Crippen molar-refractivity contribution in [1.29, 1.82) is 0 Å². The lowest BCUT2D eigenvalue weighted by molar-refractivity contribution is -0.134. The Morgan fingerprint density at radius 2 is 1.92 bits per heavy atom. The zero-order valence-electron chi connectivity index (χ0n) is 15.1. The van der Waals surface area contributed by atoms with Crippen molar-refractivity contribution in [1.82, 2.24) is 9.88 Å². The lowest BCUT2D eigenvalue weighted by Crippen LogP contribution is -2.55. The summed E-state index contributed by atoms with van der Waals surface area (Å²) in [6, 6.07) is 11.2. The van der Waals surface area contributed by atoms with Crippen LogP contribution in [0.2, 0.25) is 0 Å². The molecule has 1 amide bonds. The molecule has 1 aromatic carbocycles. The Morgan fingerprint density at radius 3 is 2.62 bits per heavy atom. The number of pyridine rings is 1. The van der Waals surface area contributed by atoms with Gasteiger partial charge in [0.1, 0.15) is 6.10 Å². The molecule has 1 fully saturated rings. The summed E-state index contributed by atoms with van der Waals surface area (Å²) in [5.74, 6) is 1.84. The van der Waals surface area contributed by atoms with E-state index in [9.17, 15) is 4.79 Å². The van der Waals surface area contributed by atoms with Crippen molar-refractivity contribution in [3.05, 3.63) is 53.7 Å². The third-order valence-corrected chi connectivity index (χ3v) is 4.14. The van der Waals surface area contributed by atoms with Crippen LogP contribution in [0.5, 0.6) is 17.4 Å². The number of likely N-dealkylation sites (tertiary alicyclic amines) is 1. The molecule has 6 nitrogen and oxygen atoms in total. The highest BCUT2D eigenvalue weighted by molar-refractivity contribution is 5.92. The van der Waals surface area contributed by atoms with Crippen LogP contribution in [0.15, 0.2) is 42.5 Å². The second-order valence-corrected chi connectivity index (χ2v) is 6.05. The van der Waals surface area contributed by atoms with E-state index in [1.807, 2.05) is 43.3 Å². The van der Waals surface area contributed by atoms with Gasteiger partial charge in [-0.25, -0.2) is 4.98 Å². The lowest BCUT2D eigenvalue weighted by Gasteiger charge is -2.38. The number of carbonyl (C=O) groups is 1. The number of amides is 1. The fourth-order valence-corrected chi connectivity index (χ4v) is 2.68. The number of carbonyl (C=O) groups excluding carboxylic acids is 1. The van der Waals surface area contributed by atoms with Crippen molar-refractivity contribution in [2.24, 2.45) is 0 Å². The highest BCUT2D eigenvalue weighted by atomic mass is 16.5. The minimum atomic E-state index is -0.0446. The van der Waals surface area contributed by atoms with Crippen LogP contribution in [-0.4, -0.2) is 49.2 Å². The van der Waals surface area contributed by atoms with E-state index in [1.165, 1.54) is 0 Å². The molecular formula is C20H22N2O4. The van der Waals surface area contributed by atoms with Crippen LogP contribution in [0, 0.1) is 6.92 Å². The number of aromatic nitrogens is 1. The molecule has 3 rings (SSSR count). The summed E-state index contributed by atoms with van der Waals surface area (Å²) in [5.41, 5.74) is 1.78. The number of hydrogen-bond donors (Lipinski definition) is 0. The highest BCUT2D eigenvalue weighted by Gasteiger charge is 2.31. The summed E-state index contributed by atoms with van der Waals surface area (Å²) in [4.78, 5) is 18.3. The van der Waals surface area contributed by atoms with Crippen molar-refractivity contribution >= 4 is 12.0 Å². The summed E-state index contributed by atoms with van der Waals surface area (Å²) in [6.45, 7) is 3.04. The molecule has 136 valence electrons. The van der Waals surface area contributed by atoms with Crippen LogP contribution in [-0.2, 0) is 4.79 Å². The van der Waals surface area contributed by atoms with Crippen molar-refractivity contribution in [3.63, 3.8) is 0 Å². The average molecular weight is 354 g/mol. The molecule has 6 heteroatoms. The van der Waals surface area contributed by atoms with Crippen LogP contribution >= 0.6 is 0 Å². The molecule has 1 aliphatic rings. The van der Waals surface area contributed by atoms with Gasteiger partial charge >= 0.3 is 0 Å². The fraction of sp³-hybridized carbons (Fsp3) is 0.300. The van der Waals surface area contributed by atoms with Crippen LogP contribution in [0.1, 0.15) is 11.3 Å². The van der Waals surface area contributed by atoms with Crippen LogP contribution < -0.4 is 14.2 Å². The molecule has 1 aromatic heterocycles. The zero-order valence-corrected chi connectivity index (χ0v) is 15.1. The van der Waals surface area contributed by atoms with Gasteiger partial charge in [0, 0.05) is 17.8 Å². The summed E-state index contributed by atoms with van der Waals surface area (Å²) < 4.78 is 16.2. The molecule has 26 heavy (non-hydrogen) atoms. The van der Waals surface area contributed by atoms with E-state index in [-0.39, 0.29) is 12.0 Å². The number of aryl methyl sites for hydroxylation is 1. The lowest BCUT2D eigenvalue weighted by atomic mass is 10.1. The Bertz CT molecular complexity index is 813. The second-order valence-electron chi connectivity index (χ2n) is 6.05. The van der Waals surface area contributed by atoms with E-state index >= 15 is 0 Å². The minimum Gasteiger partial charge on any atom is -0.493 e. The van der Waals surface area contributed by atoms with Crippen LogP contribution in [0.3, 0.4) is 0 Å². The van der Waals surface area contributed by atoms with Gasteiger partial charge in [0.2, 0.25) is 11.8 Å². The van der Waals surface area contributed by atoms with Gasteiger partial charge in [0.25, 0.3) is 0 Å². The first kappa shape index (κ1) is 17.8. The Kier molecular flexibility index (Phi) is 5.41. The molecule has 1 aliphatic heterocycles. The van der Waals surface area contributed by atoms with Crippen LogP contribution in [0.4, 0.5) is 0 Å². The van der Waals surface area contributed by atoms with E-state index in [0.717, 1.165) is 11.3 Å². The second kappa shape index (κ2) is 7.91. The van der Waals surface area contributed by atoms with E-state index in [4.69, 9.17) is 14.2 Å². The number of rotatable bonds is 6. The maximum Gasteiger partial charge on any atom is 0.246 e. The first-order chi connectivity index (χ1) is 12.6. The number of ether oxygens (including phenoxy) is 3. The standard InChI is InChI=1S/C20H22N2O4/c1-14-5-4-6-19(21-14)26-16-12-22(13-16)20(23)10-8-15-7-9-17(24-2)18(11-15)25-3/h4-11,16H,12-13H2,1-3H3/b10-8+. The fourth-order valence-electron chi connectivity index (χ4n) is 2.68. The quantitative estimate of drug-likeness (QED) is 0.747. The Balaban J connectivity index is 1.53. The predicted molar refractivity (Wildman–Crippen MR) is 98.6 cm³/mol. The molecule has 0 spiro atoms. The molecular weight excluding hydrogens is 332 g/mol. The summed E-state index contributed by atoms with van der Waals surface area (Å²) in [5, 5.41) is 0. The van der Waals surface area contributed by atoms with Crippen molar-refractivity contribution < 1.29 is 19.0 Å². The van der Waals surface area contributed by atoms with Crippen LogP contribution in [0.25, 0.3) is 6.08 Å². The summed E-state index contributed by atoms with van der Waals surface area (Å²) in [6.07, 6.45) is 3.31. The molecule has 2 heterocycles. The predicted octanol–water partition coefficient (Wildman–Crippen LogP) is 2.71. The molecule has 0 unspecified atom stereocenters. The van der Waals surface area contributed by atoms with E-state index in [2.05, 4.69) is 4.98 Å². The summed E-state index contributed by atoms with van der Waals surface area (Å²) in [7, 11) is 3.17. The molecule has 0 atom stereocenters. The highest BCUT2D eigenvalue weighted by Crippen LogP contribution is 2.28. The smallest absolute Gasteiger partial charge is 0.246 e. The number of nitrogens with zero attached hydrogens (tertiary/aromatic N) is 2. The first-order valence-electron chi connectivity index (χ1n) is 8.38. The van der Waals surface area contributed by atoms with Crippen molar-refractivity contribution in [2.75, 3.05) is 27.3 Å². The molecule has 0 N–H and O–H groups in total. The van der Waals surface area contributed by atoms with Gasteiger partial charge in [0.05, 0.1) is 27.3 Å². The molecule has 1 saturated heterocycles. The van der Waals surface area contributed by atoms with Crippen molar-refractivity contribution in [2.45, 2.75) is 13.0 Å². The Hall–Kier alpha value is -3.02. The van der Waals surface area contributed by atoms with Gasteiger partial charge in [-0.05, 0) is 36.8 Å². The number of methoxy groups -OCH3 is 2. The third-order valence-electron chi connectivity index (χ3n) is 4.14. The number of hydrogen-bond acceptors (Lipinski definition) is 5. The summed E-state index contributed by atoms with van der Waals surface area (Å²) >= 11 is 0. The van der Waals surface area contributed by atoms with E-state index in [0.29, 0.717) is 30.5 Å². The molecule has 0 radical (unpaired) electrons. The number of benzene rings is 1. The van der Waals surface area contributed by atoms with Gasteiger partial charge in [-0.15, -0.1) is 0 Å². The van der Waals surface area contributed by atoms with Gasteiger partial charge in [-0.2, -0.15) is 0 Å². The van der Waals surface area contributed by atoms with Gasteiger partial charge < -0.3 is 19.1 Å². The molecule has 0 saturated carbocycles. The van der Waals surface area contributed by atoms with Crippen molar-refractivity contribution in [3.8, 4) is 17.4 Å². The van der Waals surface area contributed by atoms with Gasteiger partial charge in [-0.1, -0.05) is 12.1 Å². The minimum absolute atomic E-state index is 0.0114. The molecule has 0 aliphatic carbocycles. The zero-order chi connectivity index (χ0) is 18.5. The normalized spacial score (nSPS) is 14.2. The maximum atomic E-state index is 12.2. The average Bonchev–Trinajstić information content (AvgIpc) is 2.62. The van der Waals surface area contributed by atoms with E-state index in [1.54, 1.807) is 31.3 Å². The van der Waals surface area contributed by atoms with E-state index < -0.39 is 0 Å².